The van der Waals surface area contributed by atoms with Crippen LogP contribution in [0.1, 0.15) is 34.1 Å². The summed E-state index contributed by atoms with van der Waals surface area (Å²) in [5.41, 5.74) is 0.727. The lowest BCUT2D eigenvalue weighted by Crippen LogP contribution is -2.34. The lowest BCUT2D eigenvalue weighted by atomic mass is 10.2. The third-order valence-corrected chi connectivity index (χ3v) is 6.29. The third-order valence-electron chi connectivity index (χ3n) is 2.56. The van der Waals surface area contributed by atoms with Crippen LogP contribution in [0.3, 0.4) is 0 Å². The van der Waals surface area contributed by atoms with Crippen LogP contribution in [0.2, 0.25) is 18.6 Å². The van der Waals surface area contributed by atoms with E-state index in [9.17, 15) is 0 Å². The summed E-state index contributed by atoms with van der Waals surface area (Å²) >= 11 is 0. The van der Waals surface area contributed by atoms with Crippen molar-refractivity contribution in [3.63, 3.8) is 0 Å². The fraction of sp³-hybridized carbons (Fsp3) is 1.00. The first kappa shape index (κ1) is 12.2. The molecule has 2 heteroatoms. The molecule has 0 unspecified atom stereocenters. The Labute approximate surface area is 78.6 Å². The van der Waals surface area contributed by atoms with Crippen LogP contribution in [0.4, 0.5) is 0 Å². The molecule has 0 bridgehead atoms. The van der Waals surface area contributed by atoms with Gasteiger partial charge in [0, 0.05) is 6.61 Å². The lowest BCUT2D eigenvalue weighted by Gasteiger charge is -2.27. The molecule has 0 saturated carbocycles. The topological polar surface area (TPSA) is 9.23 Å². The van der Waals surface area contributed by atoms with Crippen molar-refractivity contribution in [2.75, 3.05) is 6.61 Å². The molecule has 0 rings (SSSR count). The maximum Gasteiger partial charge on any atom is 0.189 e. The average molecular weight is 188 g/mol. The molecule has 0 aromatic heterocycles. The first-order valence-electron chi connectivity index (χ1n) is 5.00. The summed E-state index contributed by atoms with van der Waals surface area (Å²) in [7, 11) is -1.35. The molecular formula is C10H24OSi. The number of hydrogen-bond acceptors (Lipinski definition) is 1. The van der Waals surface area contributed by atoms with Crippen molar-refractivity contribution < 1.29 is 4.43 Å². The van der Waals surface area contributed by atoms with E-state index in [1.807, 2.05) is 0 Å². The summed E-state index contributed by atoms with van der Waals surface area (Å²) in [4.78, 5) is 0. The van der Waals surface area contributed by atoms with Gasteiger partial charge in [0.1, 0.15) is 0 Å². The SMILES string of the molecule is CC(C)CCO[Si](C)(C)C(C)C. The molecule has 0 N–H and O–H groups in total. The Bertz CT molecular complexity index is 119. The summed E-state index contributed by atoms with van der Waals surface area (Å²) in [5, 5.41) is 0. The molecule has 0 spiro atoms. The third kappa shape index (κ3) is 4.94. The highest BCUT2D eigenvalue weighted by Gasteiger charge is 2.26. The highest BCUT2D eigenvalue weighted by Crippen LogP contribution is 2.21. The molecule has 0 aromatic carbocycles. The van der Waals surface area contributed by atoms with Crippen molar-refractivity contribution in [2.45, 2.75) is 52.8 Å². The van der Waals surface area contributed by atoms with Crippen LogP contribution < -0.4 is 0 Å². The first-order chi connectivity index (χ1) is 5.36. The summed E-state index contributed by atoms with van der Waals surface area (Å²) in [5.74, 6) is 0.766. The van der Waals surface area contributed by atoms with E-state index in [4.69, 9.17) is 4.43 Å². The monoisotopic (exact) mass is 188 g/mol. The van der Waals surface area contributed by atoms with E-state index < -0.39 is 8.32 Å². The molecule has 12 heavy (non-hydrogen) atoms. The van der Waals surface area contributed by atoms with E-state index in [1.54, 1.807) is 0 Å². The van der Waals surface area contributed by atoms with Gasteiger partial charge in [-0.05, 0) is 31.0 Å². The van der Waals surface area contributed by atoms with Gasteiger partial charge in [0.25, 0.3) is 0 Å². The van der Waals surface area contributed by atoms with Crippen LogP contribution in [0, 0.1) is 5.92 Å². The second-order valence-electron chi connectivity index (χ2n) is 4.79. The van der Waals surface area contributed by atoms with Crippen molar-refractivity contribution in [1.29, 1.82) is 0 Å². The molecule has 74 valence electrons. The highest BCUT2D eigenvalue weighted by molar-refractivity contribution is 6.72. The molecule has 0 aliphatic carbocycles. The first-order valence-corrected chi connectivity index (χ1v) is 7.98. The Morgan fingerprint density at radius 1 is 1.08 bits per heavy atom. The van der Waals surface area contributed by atoms with E-state index in [-0.39, 0.29) is 0 Å². The van der Waals surface area contributed by atoms with Gasteiger partial charge in [0.2, 0.25) is 0 Å². The fourth-order valence-corrected chi connectivity index (χ4v) is 1.70. The van der Waals surface area contributed by atoms with Gasteiger partial charge in [0.05, 0.1) is 0 Å². The van der Waals surface area contributed by atoms with Crippen molar-refractivity contribution >= 4 is 8.32 Å². The van der Waals surface area contributed by atoms with Crippen LogP contribution in [0.25, 0.3) is 0 Å². The molecule has 0 amide bonds. The van der Waals surface area contributed by atoms with Crippen LogP contribution in [0.5, 0.6) is 0 Å². The van der Waals surface area contributed by atoms with Gasteiger partial charge in [-0.25, -0.2) is 0 Å². The largest absolute Gasteiger partial charge is 0.417 e. The van der Waals surface area contributed by atoms with E-state index in [2.05, 4.69) is 40.8 Å². The average Bonchev–Trinajstić information content (AvgIpc) is 1.85. The Hall–Kier alpha value is 0.177. The van der Waals surface area contributed by atoms with Gasteiger partial charge < -0.3 is 4.43 Å². The minimum absolute atomic E-state index is 0.727. The van der Waals surface area contributed by atoms with Gasteiger partial charge >= 0.3 is 0 Å². The lowest BCUT2D eigenvalue weighted by molar-refractivity contribution is 0.275. The zero-order valence-electron chi connectivity index (χ0n) is 9.48. The summed E-state index contributed by atoms with van der Waals surface area (Å²) in [6.45, 7) is 14.6. The molecule has 0 saturated heterocycles. The summed E-state index contributed by atoms with van der Waals surface area (Å²) < 4.78 is 5.94. The fourth-order valence-electron chi connectivity index (χ4n) is 0.724. The van der Waals surface area contributed by atoms with Crippen LogP contribution >= 0.6 is 0 Å². The predicted octanol–water partition coefficient (Wildman–Crippen LogP) is 3.66. The predicted molar refractivity (Wildman–Crippen MR) is 58.0 cm³/mol. The van der Waals surface area contributed by atoms with Gasteiger partial charge in [-0.3, -0.25) is 0 Å². The van der Waals surface area contributed by atoms with Crippen LogP contribution in [0.15, 0.2) is 0 Å². The molecule has 0 aliphatic rings. The molecule has 0 aliphatic heterocycles. The van der Waals surface area contributed by atoms with Gasteiger partial charge in [0.15, 0.2) is 8.32 Å². The highest BCUT2D eigenvalue weighted by atomic mass is 28.4. The van der Waals surface area contributed by atoms with E-state index in [1.165, 1.54) is 6.42 Å². The molecule has 0 fully saturated rings. The smallest absolute Gasteiger partial charge is 0.189 e. The van der Waals surface area contributed by atoms with Crippen molar-refractivity contribution in [3.8, 4) is 0 Å². The van der Waals surface area contributed by atoms with Crippen LogP contribution in [-0.4, -0.2) is 14.9 Å². The van der Waals surface area contributed by atoms with Gasteiger partial charge in [-0.1, -0.05) is 27.7 Å². The van der Waals surface area contributed by atoms with Gasteiger partial charge in [-0.15, -0.1) is 0 Å². The van der Waals surface area contributed by atoms with Crippen molar-refractivity contribution in [3.05, 3.63) is 0 Å². The Morgan fingerprint density at radius 3 is 1.92 bits per heavy atom. The van der Waals surface area contributed by atoms with E-state index in [0.29, 0.717) is 0 Å². The molecule has 1 nitrogen and oxygen atoms in total. The summed E-state index contributed by atoms with van der Waals surface area (Å²) in [6, 6.07) is 0. The minimum atomic E-state index is -1.35. The number of rotatable bonds is 5. The Kier molecular flexibility index (Phi) is 5.10. The van der Waals surface area contributed by atoms with Crippen LogP contribution in [-0.2, 0) is 4.43 Å². The molecule has 0 radical (unpaired) electrons. The standard InChI is InChI=1S/C10H24OSi/c1-9(2)7-8-11-12(5,6)10(3)4/h9-10H,7-8H2,1-6H3. The molecule has 0 atom stereocenters. The normalized spacial score (nSPS) is 13.0. The van der Waals surface area contributed by atoms with E-state index in [0.717, 1.165) is 18.1 Å². The zero-order chi connectivity index (χ0) is 9.78. The van der Waals surface area contributed by atoms with Crippen molar-refractivity contribution in [2.24, 2.45) is 5.92 Å². The molecular weight excluding hydrogens is 164 g/mol. The molecule has 0 heterocycles. The Morgan fingerprint density at radius 2 is 1.58 bits per heavy atom. The maximum absolute atomic E-state index is 5.94. The van der Waals surface area contributed by atoms with Crippen molar-refractivity contribution in [1.82, 2.24) is 0 Å². The summed E-state index contributed by atoms with van der Waals surface area (Å²) in [6.07, 6.45) is 1.20. The number of hydrogen-bond donors (Lipinski definition) is 0. The second-order valence-corrected chi connectivity index (χ2v) is 9.44. The second kappa shape index (κ2) is 5.03. The van der Waals surface area contributed by atoms with Gasteiger partial charge in [-0.2, -0.15) is 0 Å². The Balaban J connectivity index is 3.61. The minimum Gasteiger partial charge on any atom is -0.417 e. The quantitative estimate of drug-likeness (QED) is 0.598. The molecule has 0 aromatic rings. The zero-order valence-corrected chi connectivity index (χ0v) is 10.5. The van der Waals surface area contributed by atoms with E-state index >= 15 is 0 Å². The maximum atomic E-state index is 5.94.